The molecule has 1 N–H and O–H groups in total. The molecule has 136 valence electrons. The lowest BCUT2D eigenvalue weighted by atomic mass is 9.95. The average Bonchev–Trinajstić information content (AvgIpc) is 2.64. The first-order valence-corrected chi connectivity index (χ1v) is 9.01. The molecule has 0 unspecified atom stereocenters. The molecule has 3 rings (SSSR count). The van der Waals surface area contributed by atoms with Gasteiger partial charge in [-0.05, 0) is 43.2 Å². The minimum absolute atomic E-state index is 0.0566. The Labute approximate surface area is 160 Å². The van der Waals surface area contributed by atoms with Crippen LogP contribution in [-0.2, 0) is 4.79 Å². The van der Waals surface area contributed by atoms with E-state index in [1.807, 2.05) is 0 Å². The van der Waals surface area contributed by atoms with E-state index in [2.05, 4.69) is 5.32 Å². The first-order chi connectivity index (χ1) is 12.5. The Morgan fingerprint density at radius 1 is 1.08 bits per heavy atom. The number of nitrogens with one attached hydrogen (secondary N) is 1. The second kappa shape index (κ2) is 8.06. The van der Waals surface area contributed by atoms with E-state index < -0.39 is 5.82 Å². The van der Waals surface area contributed by atoms with Gasteiger partial charge >= 0.3 is 0 Å². The third kappa shape index (κ3) is 4.17. The quantitative estimate of drug-likeness (QED) is 0.825. The highest BCUT2D eigenvalue weighted by atomic mass is 35.5. The van der Waals surface area contributed by atoms with Gasteiger partial charge in [-0.25, -0.2) is 4.39 Å². The maximum absolute atomic E-state index is 13.8. The van der Waals surface area contributed by atoms with Gasteiger partial charge in [-0.1, -0.05) is 35.3 Å². The Hall–Kier alpha value is -2.11. The van der Waals surface area contributed by atoms with Crippen molar-refractivity contribution in [1.82, 2.24) is 4.90 Å². The molecular formula is C19H17Cl2FN2O2. The summed E-state index contributed by atoms with van der Waals surface area (Å²) in [5, 5.41) is 3.68. The van der Waals surface area contributed by atoms with Crippen LogP contribution in [0.15, 0.2) is 42.5 Å². The van der Waals surface area contributed by atoms with Gasteiger partial charge in [0.25, 0.3) is 5.91 Å². The number of amides is 2. The molecule has 1 saturated heterocycles. The average molecular weight is 395 g/mol. The normalized spacial score (nSPS) is 15.0. The lowest BCUT2D eigenvalue weighted by Gasteiger charge is -2.31. The van der Waals surface area contributed by atoms with Crippen LogP contribution in [0, 0.1) is 11.7 Å². The lowest BCUT2D eigenvalue weighted by molar-refractivity contribution is -0.121. The highest BCUT2D eigenvalue weighted by Crippen LogP contribution is 2.27. The van der Waals surface area contributed by atoms with Crippen LogP contribution in [0.5, 0.6) is 0 Å². The van der Waals surface area contributed by atoms with E-state index >= 15 is 0 Å². The van der Waals surface area contributed by atoms with Gasteiger partial charge in [0, 0.05) is 24.0 Å². The monoisotopic (exact) mass is 394 g/mol. The zero-order chi connectivity index (χ0) is 18.7. The molecule has 0 bridgehead atoms. The van der Waals surface area contributed by atoms with Gasteiger partial charge in [0.2, 0.25) is 5.91 Å². The molecule has 0 saturated carbocycles. The summed E-state index contributed by atoms with van der Waals surface area (Å²) >= 11 is 12.0. The zero-order valence-corrected chi connectivity index (χ0v) is 15.4. The fourth-order valence-corrected chi connectivity index (χ4v) is 3.31. The number of benzene rings is 2. The second-order valence-electron chi connectivity index (χ2n) is 6.16. The zero-order valence-electron chi connectivity index (χ0n) is 13.8. The first kappa shape index (κ1) is 18.7. The Bertz CT molecular complexity index is 836. The van der Waals surface area contributed by atoms with Crippen molar-refractivity contribution in [3.05, 3.63) is 63.9 Å². The molecule has 2 aromatic carbocycles. The molecule has 0 aliphatic carbocycles. The van der Waals surface area contributed by atoms with Crippen molar-refractivity contribution in [3.8, 4) is 0 Å². The number of anilines is 1. The Morgan fingerprint density at radius 3 is 2.46 bits per heavy atom. The van der Waals surface area contributed by atoms with Crippen molar-refractivity contribution in [1.29, 1.82) is 0 Å². The summed E-state index contributed by atoms with van der Waals surface area (Å²) in [5.41, 5.74) is 0.523. The summed E-state index contributed by atoms with van der Waals surface area (Å²) in [6.45, 7) is 0.795. The summed E-state index contributed by atoms with van der Waals surface area (Å²) in [6, 6.07) is 10.8. The maximum Gasteiger partial charge on any atom is 0.256 e. The molecule has 0 spiro atoms. The van der Waals surface area contributed by atoms with Crippen LogP contribution in [0.25, 0.3) is 0 Å². The molecule has 2 aromatic rings. The van der Waals surface area contributed by atoms with Gasteiger partial charge in [0.1, 0.15) is 5.82 Å². The number of likely N-dealkylation sites (tertiary alicyclic amines) is 1. The smallest absolute Gasteiger partial charge is 0.256 e. The lowest BCUT2D eigenvalue weighted by Crippen LogP contribution is -2.41. The highest BCUT2D eigenvalue weighted by Gasteiger charge is 2.29. The largest absolute Gasteiger partial charge is 0.339 e. The van der Waals surface area contributed by atoms with Gasteiger partial charge < -0.3 is 10.2 Å². The fourth-order valence-electron chi connectivity index (χ4n) is 2.98. The molecule has 1 fully saturated rings. The molecule has 1 aliphatic heterocycles. The minimum Gasteiger partial charge on any atom is -0.339 e. The van der Waals surface area contributed by atoms with Crippen LogP contribution < -0.4 is 5.32 Å². The molecule has 7 heteroatoms. The Morgan fingerprint density at radius 2 is 1.77 bits per heavy atom. The van der Waals surface area contributed by atoms with Crippen LogP contribution in [0.1, 0.15) is 23.2 Å². The van der Waals surface area contributed by atoms with Gasteiger partial charge in [-0.3, -0.25) is 9.59 Å². The highest BCUT2D eigenvalue weighted by molar-refractivity contribution is 6.35. The van der Waals surface area contributed by atoms with E-state index in [0.29, 0.717) is 41.7 Å². The number of carbonyl (C=O) groups excluding carboxylic acids is 2. The van der Waals surface area contributed by atoms with Crippen LogP contribution in [0.3, 0.4) is 0 Å². The SMILES string of the molecule is O=C(Nc1cc(Cl)ccc1Cl)C1CCN(C(=O)c2ccccc2F)CC1. The predicted molar refractivity (Wildman–Crippen MR) is 100 cm³/mol. The summed E-state index contributed by atoms with van der Waals surface area (Å²) < 4.78 is 13.8. The van der Waals surface area contributed by atoms with Crippen LogP contribution >= 0.6 is 23.2 Å². The van der Waals surface area contributed by atoms with E-state index in [9.17, 15) is 14.0 Å². The van der Waals surface area contributed by atoms with Gasteiger partial charge in [-0.15, -0.1) is 0 Å². The molecule has 0 aromatic heterocycles. The maximum atomic E-state index is 13.8. The number of hydrogen-bond acceptors (Lipinski definition) is 2. The number of halogens is 3. The molecule has 4 nitrogen and oxygen atoms in total. The van der Waals surface area contributed by atoms with Crippen molar-refractivity contribution < 1.29 is 14.0 Å². The van der Waals surface area contributed by atoms with Crippen molar-refractivity contribution in [3.63, 3.8) is 0 Å². The third-order valence-electron chi connectivity index (χ3n) is 4.44. The number of piperidine rings is 1. The number of carbonyl (C=O) groups is 2. The summed E-state index contributed by atoms with van der Waals surface area (Å²) in [6.07, 6.45) is 1.01. The molecule has 1 aliphatic rings. The van der Waals surface area contributed by atoms with Crippen molar-refractivity contribution in [2.24, 2.45) is 5.92 Å². The Kier molecular flexibility index (Phi) is 5.79. The van der Waals surface area contributed by atoms with E-state index in [-0.39, 0.29) is 23.3 Å². The molecule has 2 amide bonds. The van der Waals surface area contributed by atoms with E-state index in [0.717, 1.165) is 0 Å². The van der Waals surface area contributed by atoms with Crippen molar-refractivity contribution >= 4 is 40.7 Å². The van der Waals surface area contributed by atoms with E-state index in [4.69, 9.17) is 23.2 Å². The standard InChI is InChI=1S/C19H17Cl2FN2O2/c20-13-5-6-15(21)17(11-13)23-18(25)12-7-9-24(10-8-12)19(26)14-3-1-2-4-16(14)22/h1-6,11-12H,7-10H2,(H,23,25). The number of nitrogens with zero attached hydrogens (tertiary/aromatic N) is 1. The van der Waals surface area contributed by atoms with Crippen molar-refractivity contribution in [2.45, 2.75) is 12.8 Å². The summed E-state index contributed by atoms with van der Waals surface area (Å²) in [7, 11) is 0. The third-order valence-corrected chi connectivity index (χ3v) is 5.01. The van der Waals surface area contributed by atoms with Gasteiger partial charge in [0.05, 0.1) is 16.3 Å². The molecule has 0 radical (unpaired) electrons. The van der Waals surface area contributed by atoms with Crippen molar-refractivity contribution in [2.75, 3.05) is 18.4 Å². The van der Waals surface area contributed by atoms with Gasteiger partial charge in [-0.2, -0.15) is 0 Å². The topological polar surface area (TPSA) is 49.4 Å². The number of rotatable bonds is 3. The molecule has 1 heterocycles. The van der Waals surface area contributed by atoms with Crippen LogP contribution in [-0.4, -0.2) is 29.8 Å². The van der Waals surface area contributed by atoms with Crippen LogP contribution in [0.4, 0.5) is 10.1 Å². The summed E-state index contributed by atoms with van der Waals surface area (Å²) in [4.78, 5) is 26.5. The van der Waals surface area contributed by atoms with E-state index in [1.165, 1.54) is 12.1 Å². The first-order valence-electron chi connectivity index (χ1n) is 8.25. The van der Waals surface area contributed by atoms with E-state index in [1.54, 1.807) is 35.2 Å². The molecular weight excluding hydrogens is 378 g/mol. The minimum atomic E-state index is -0.534. The number of hydrogen-bond donors (Lipinski definition) is 1. The summed E-state index contributed by atoms with van der Waals surface area (Å²) in [5.74, 6) is -1.28. The van der Waals surface area contributed by atoms with Gasteiger partial charge in [0.15, 0.2) is 0 Å². The fraction of sp³-hybridized carbons (Fsp3) is 0.263. The molecule has 26 heavy (non-hydrogen) atoms. The molecule has 0 atom stereocenters. The van der Waals surface area contributed by atoms with Crippen LogP contribution in [0.2, 0.25) is 10.0 Å². The second-order valence-corrected chi connectivity index (χ2v) is 7.00. The Balaban J connectivity index is 1.60. The predicted octanol–water partition coefficient (Wildman–Crippen LogP) is 4.62.